The maximum atomic E-state index is 12.9. The summed E-state index contributed by atoms with van der Waals surface area (Å²) in [6, 6.07) is 14.2. The van der Waals surface area contributed by atoms with Crippen LogP contribution in [-0.4, -0.2) is 36.4 Å². The first-order valence-electron chi connectivity index (χ1n) is 8.41. The highest BCUT2D eigenvalue weighted by molar-refractivity contribution is 6.01. The molecule has 5 heteroatoms. The van der Waals surface area contributed by atoms with Gasteiger partial charge in [0, 0.05) is 17.8 Å². The van der Waals surface area contributed by atoms with Crippen LogP contribution in [0.25, 0.3) is 0 Å². The van der Waals surface area contributed by atoms with Crippen LogP contribution in [0.1, 0.15) is 28.8 Å². The number of likely N-dealkylation sites (tertiary alicyclic amines) is 1. The van der Waals surface area contributed by atoms with Crippen molar-refractivity contribution in [2.75, 3.05) is 19.0 Å². The quantitative estimate of drug-likeness (QED) is 0.931. The van der Waals surface area contributed by atoms with Gasteiger partial charge in [-0.15, -0.1) is 0 Å². The summed E-state index contributed by atoms with van der Waals surface area (Å²) in [6.07, 6.45) is 1.50. The number of anilines is 1. The van der Waals surface area contributed by atoms with E-state index in [1.54, 1.807) is 24.1 Å². The Kier molecular flexibility index (Phi) is 5.03. The van der Waals surface area contributed by atoms with Gasteiger partial charge in [-0.05, 0) is 49.6 Å². The van der Waals surface area contributed by atoms with Crippen LogP contribution in [0.15, 0.2) is 48.5 Å². The standard InChI is InChI=1S/C20H22N2O3/c1-14-10-11-15(13-18(14)25-2)20(24)22-12-6-9-17(22)19(23)21-16-7-4-3-5-8-16/h3-5,7-8,10-11,13,17H,6,9,12H2,1-2H3,(H,21,23)/t17-/m0/s1. The first-order valence-corrected chi connectivity index (χ1v) is 8.41. The molecule has 1 fully saturated rings. The van der Waals surface area contributed by atoms with Gasteiger partial charge in [0.05, 0.1) is 7.11 Å². The fourth-order valence-electron chi connectivity index (χ4n) is 3.15. The van der Waals surface area contributed by atoms with E-state index >= 15 is 0 Å². The molecular weight excluding hydrogens is 316 g/mol. The summed E-state index contributed by atoms with van der Waals surface area (Å²) >= 11 is 0. The summed E-state index contributed by atoms with van der Waals surface area (Å²) in [5.41, 5.74) is 2.25. The van der Waals surface area contributed by atoms with Crippen molar-refractivity contribution in [2.24, 2.45) is 0 Å². The molecule has 0 unspecified atom stereocenters. The van der Waals surface area contributed by atoms with Crippen LogP contribution in [-0.2, 0) is 4.79 Å². The zero-order chi connectivity index (χ0) is 17.8. The largest absolute Gasteiger partial charge is 0.496 e. The fourth-order valence-corrected chi connectivity index (χ4v) is 3.15. The maximum Gasteiger partial charge on any atom is 0.254 e. The molecule has 2 aromatic rings. The molecule has 2 aromatic carbocycles. The molecule has 0 radical (unpaired) electrons. The van der Waals surface area contributed by atoms with Gasteiger partial charge < -0.3 is 15.0 Å². The molecule has 0 bridgehead atoms. The van der Waals surface area contributed by atoms with E-state index in [9.17, 15) is 9.59 Å². The van der Waals surface area contributed by atoms with Gasteiger partial charge in [0.15, 0.2) is 0 Å². The maximum absolute atomic E-state index is 12.9. The smallest absolute Gasteiger partial charge is 0.254 e. The Balaban J connectivity index is 1.76. The first-order chi connectivity index (χ1) is 12.1. The van der Waals surface area contributed by atoms with Crippen molar-refractivity contribution >= 4 is 17.5 Å². The number of carbonyl (C=O) groups is 2. The molecule has 0 aliphatic carbocycles. The summed E-state index contributed by atoms with van der Waals surface area (Å²) in [4.78, 5) is 27.1. The third-order valence-corrected chi connectivity index (χ3v) is 4.51. The number of hydrogen-bond acceptors (Lipinski definition) is 3. The molecule has 3 rings (SSSR count). The second-order valence-electron chi connectivity index (χ2n) is 6.20. The Hall–Kier alpha value is -2.82. The minimum absolute atomic E-state index is 0.135. The molecule has 0 aromatic heterocycles. The third kappa shape index (κ3) is 3.65. The van der Waals surface area contributed by atoms with Gasteiger partial charge in [-0.1, -0.05) is 24.3 Å². The second-order valence-corrected chi connectivity index (χ2v) is 6.20. The minimum atomic E-state index is -0.444. The van der Waals surface area contributed by atoms with E-state index in [1.165, 1.54) is 0 Å². The van der Waals surface area contributed by atoms with Gasteiger partial charge in [-0.2, -0.15) is 0 Å². The summed E-state index contributed by atoms with van der Waals surface area (Å²) in [6.45, 7) is 2.51. The van der Waals surface area contributed by atoms with E-state index in [-0.39, 0.29) is 11.8 Å². The Morgan fingerprint density at radius 3 is 2.64 bits per heavy atom. The normalized spacial score (nSPS) is 16.6. The Labute approximate surface area is 147 Å². The number of nitrogens with zero attached hydrogens (tertiary/aromatic N) is 1. The molecule has 1 aliphatic heterocycles. The summed E-state index contributed by atoms with van der Waals surface area (Å²) in [5, 5.41) is 2.89. The average molecular weight is 338 g/mol. The molecule has 1 atom stereocenters. The zero-order valence-corrected chi connectivity index (χ0v) is 14.5. The van der Waals surface area contributed by atoms with Crippen molar-refractivity contribution in [2.45, 2.75) is 25.8 Å². The number of hydrogen-bond donors (Lipinski definition) is 1. The van der Waals surface area contributed by atoms with E-state index in [0.29, 0.717) is 24.3 Å². The minimum Gasteiger partial charge on any atom is -0.496 e. The van der Waals surface area contributed by atoms with Crippen molar-refractivity contribution in [3.05, 3.63) is 59.7 Å². The highest BCUT2D eigenvalue weighted by Crippen LogP contribution is 2.25. The van der Waals surface area contributed by atoms with Crippen molar-refractivity contribution in [1.82, 2.24) is 4.90 Å². The van der Waals surface area contributed by atoms with Gasteiger partial charge >= 0.3 is 0 Å². The number of ether oxygens (including phenoxy) is 1. The van der Waals surface area contributed by atoms with Crippen LogP contribution in [0.2, 0.25) is 0 Å². The number of rotatable bonds is 4. The predicted octanol–water partition coefficient (Wildman–Crippen LogP) is 3.25. The second kappa shape index (κ2) is 7.38. The SMILES string of the molecule is COc1cc(C(=O)N2CCC[C@H]2C(=O)Nc2ccccc2)ccc1C. The van der Waals surface area contributed by atoms with E-state index in [0.717, 1.165) is 17.7 Å². The van der Waals surface area contributed by atoms with Crippen LogP contribution in [0.3, 0.4) is 0 Å². The summed E-state index contributed by atoms with van der Waals surface area (Å²) in [5.74, 6) is 0.399. The van der Waals surface area contributed by atoms with Crippen LogP contribution in [0.4, 0.5) is 5.69 Å². The van der Waals surface area contributed by atoms with Crippen molar-refractivity contribution in [1.29, 1.82) is 0 Å². The Bertz CT molecular complexity index is 774. The lowest BCUT2D eigenvalue weighted by molar-refractivity contribution is -0.119. The Morgan fingerprint density at radius 2 is 1.92 bits per heavy atom. The Morgan fingerprint density at radius 1 is 1.16 bits per heavy atom. The number of nitrogens with one attached hydrogen (secondary N) is 1. The van der Waals surface area contributed by atoms with Crippen LogP contribution >= 0.6 is 0 Å². The van der Waals surface area contributed by atoms with E-state index in [4.69, 9.17) is 4.74 Å². The average Bonchev–Trinajstić information content (AvgIpc) is 3.12. The van der Waals surface area contributed by atoms with Crippen molar-refractivity contribution in [3.63, 3.8) is 0 Å². The lowest BCUT2D eigenvalue weighted by atomic mass is 10.1. The van der Waals surface area contributed by atoms with Crippen LogP contribution in [0.5, 0.6) is 5.75 Å². The highest BCUT2D eigenvalue weighted by atomic mass is 16.5. The van der Waals surface area contributed by atoms with E-state index in [2.05, 4.69) is 5.32 Å². The molecule has 5 nitrogen and oxygen atoms in total. The lowest BCUT2D eigenvalue weighted by Gasteiger charge is -2.24. The molecule has 130 valence electrons. The summed E-state index contributed by atoms with van der Waals surface area (Å²) in [7, 11) is 1.59. The third-order valence-electron chi connectivity index (χ3n) is 4.51. The molecular formula is C20H22N2O3. The number of aryl methyl sites for hydroxylation is 1. The molecule has 1 saturated heterocycles. The molecule has 1 heterocycles. The topological polar surface area (TPSA) is 58.6 Å². The highest BCUT2D eigenvalue weighted by Gasteiger charge is 2.34. The molecule has 0 saturated carbocycles. The number of methoxy groups -OCH3 is 1. The van der Waals surface area contributed by atoms with Crippen LogP contribution < -0.4 is 10.1 Å². The number of carbonyl (C=O) groups excluding carboxylic acids is 2. The first kappa shape index (κ1) is 17.0. The predicted molar refractivity (Wildman–Crippen MR) is 96.9 cm³/mol. The number of benzene rings is 2. The van der Waals surface area contributed by atoms with Gasteiger partial charge in [-0.25, -0.2) is 0 Å². The number of para-hydroxylation sites is 1. The van der Waals surface area contributed by atoms with E-state index in [1.807, 2.05) is 43.3 Å². The van der Waals surface area contributed by atoms with Crippen molar-refractivity contribution in [3.8, 4) is 5.75 Å². The monoisotopic (exact) mass is 338 g/mol. The molecule has 2 amide bonds. The van der Waals surface area contributed by atoms with Gasteiger partial charge in [0.1, 0.15) is 11.8 Å². The van der Waals surface area contributed by atoms with Gasteiger partial charge in [0.25, 0.3) is 5.91 Å². The molecule has 1 N–H and O–H groups in total. The van der Waals surface area contributed by atoms with Gasteiger partial charge in [-0.3, -0.25) is 9.59 Å². The molecule has 1 aliphatic rings. The lowest BCUT2D eigenvalue weighted by Crippen LogP contribution is -2.43. The zero-order valence-electron chi connectivity index (χ0n) is 14.5. The molecule has 25 heavy (non-hydrogen) atoms. The van der Waals surface area contributed by atoms with Gasteiger partial charge in [0.2, 0.25) is 5.91 Å². The van der Waals surface area contributed by atoms with E-state index < -0.39 is 6.04 Å². The number of amides is 2. The van der Waals surface area contributed by atoms with Crippen LogP contribution in [0, 0.1) is 6.92 Å². The summed E-state index contributed by atoms with van der Waals surface area (Å²) < 4.78 is 5.30. The van der Waals surface area contributed by atoms with Crippen molar-refractivity contribution < 1.29 is 14.3 Å². The molecule has 0 spiro atoms. The fraction of sp³-hybridized carbons (Fsp3) is 0.300.